The van der Waals surface area contributed by atoms with Gasteiger partial charge in [0.2, 0.25) is 0 Å². The van der Waals surface area contributed by atoms with Gasteiger partial charge in [0.15, 0.2) is 0 Å². The summed E-state index contributed by atoms with van der Waals surface area (Å²) >= 11 is 0. The minimum atomic E-state index is 0.170. The van der Waals surface area contributed by atoms with Crippen molar-refractivity contribution in [2.75, 3.05) is 13.6 Å². The summed E-state index contributed by atoms with van der Waals surface area (Å²) in [5.41, 5.74) is 3.76. The Morgan fingerprint density at radius 1 is 1.42 bits per heavy atom. The summed E-state index contributed by atoms with van der Waals surface area (Å²) in [6.45, 7) is 7.14. The summed E-state index contributed by atoms with van der Waals surface area (Å²) in [6, 6.07) is 6.06. The second kappa shape index (κ2) is 4.34. The predicted octanol–water partition coefficient (Wildman–Crippen LogP) is 2.41. The highest BCUT2D eigenvalue weighted by Gasteiger charge is 2.46. The van der Waals surface area contributed by atoms with Gasteiger partial charge in [-0.05, 0) is 34.9 Å². The molecule has 2 aliphatic rings. The van der Waals surface area contributed by atoms with Gasteiger partial charge >= 0.3 is 0 Å². The fraction of sp³-hybridized carbons (Fsp3) is 0.562. The zero-order valence-electron chi connectivity index (χ0n) is 12.0. The average Bonchev–Trinajstić information content (AvgIpc) is 2.80. The quantitative estimate of drug-likeness (QED) is 0.903. The topological polar surface area (TPSA) is 32.3 Å². The smallest absolute Gasteiger partial charge is 0.253 e. The van der Waals surface area contributed by atoms with Crippen molar-refractivity contribution in [2.24, 2.45) is 11.3 Å². The molecule has 1 saturated carbocycles. The molecule has 3 rings (SSSR count). The average molecular weight is 258 g/mol. The van der Waals surface area contributed by atoms with Crippen LogP contribution < -0.4 is 5.32 Å². The molecule has 102 valence electrons. The van der Waals surface area contributed by atoms with E-state index in [9.17, 15) is 4.79 Å². The van der Waals surface area contributed by atoms with Crippen molar-refractivity contribution >= 4 is 5.91 Å². The third-order valence-corrected chi connectivity index (χ3v) is 4.68. The molecule has 1 aliphatic heterocycles. The number of benzene rings is 1. The second-order valence-electron chi connectivity index (χ2n) is 6.62. The van der Waals surface area contributed by atoms with E-state index in [0.29, 0.717) is 11.3 Å². The van der Waals surface area contributed by atoms with Gasteiger partial charge in [-0.1, -0.05) is 26.0 Å². The summed E-state index contributed by atoms with van der Waals surface area (Å²) in [7, 11) is 1.93. The molecule has 1 amide bonds. The molecule has 0 radical (unpaired) electrons. The Kier molecular flexibility index (Phi) is 2.90. The zero-order valence-corrected chi connectivity index (χ0v) is 12.0. The highest BCUT2D eigenvalue weighted by atomic mass is 16.2. The van der Waals surface area contributed by atoms with Crippen LogP contribution in [-0.2, 0) is 13.1 Å². The normalized spacial score (nSPS) is 23.0. The van der Waals surface area contributed by atoms with Gasteiger partial charge in [0.1, 0.15) is 0 Å². The van der Waals surface area contributed by atoms with Crippen molar-refractivity contribution in [1.29, 1.82) is 0 Å². The minimum absolute atomic E-state index is 0.170. The molecule has 1 atom stereocenters. The Labute approximate surface area is 115 Å². The van der Waals surface area contributed by atoms with Gasteiger partial charge in [0, 0.05) is 32.2 Å². The number of carbonyl (C=O) groups excluding carboxylic acids is 1. The summed E-state index contributed by atoms with van der Waals surface area (Å²) in [5, 5.41) is 3.32. The van der Waals surface area contributed by atoms with Gasteiger partial charge in [-0.2, -0.15) is 0 Å². The molecule has 0 saturated heterocycles. The molecule has 3 heteroatoms. The molecule has 1 aromatic carbocycles. The highest BCUT2D eigenvalue weighted by molar-refractivity contribution is 5.96. The lowest BCUT2D eigenvalue weighted by Crippen LogP contribution is -2.30. The van der Waals surface area contributed by atoms with E-state index >= 15 is 0 Å². The number of fused-ring (bicyclic) bond motifs is 1. The fourth-order valence-electron chi connectivity index (χ4n) is 3.04. The van der Waals surface area contributed by atoms with Gasteiger partial charge in [-0.15, -0.1) is 0 Å². The van der Waals surface area contributed by atoms with E-state index in [-0.39, 0.29) is 5.91 Å². The van der Waals surface area contributed by atoms with Crippen LogP contribution in [0.5, 0.6) is 0 Å². The molecule has 1 N–H and O–H groups in total. The van der Waals surface area contributed by atoms with E-state index in [1.165, 1.54) is 17.5 Å². The molecular formula is C16H22N2O. The molecule has 3 nitrogen and oxygen atoms in total. The molecule has 1 aliphatic carbocycles. The molecule has 0 aromatic heterocycles. The number of rotatable bonds is 3. The largest absolute Gasteiger partial charge is 0.341 e. The molecule has 1 unspecified atom stereocenters. The lowest BCUT2D eigenvalue weighted by Gasteiger charge is -2.19. The van der Waals surface area contributed by atoms with Crippen molar-refractivity contribution in [1.82, 2.24) is 10.2 Å². The van der Waals surface area contributed by atoms with Crippen LogP contribution in [0.4, 0.5) is 0 Å². The number of carbonyl (C=O) groups is 1. The van der Waals surface area contributed by atoms with Crippen molar-refractivity contribution in [3.63, 3.8) is 0 Å². The lowest BCUT2D eigenvalue weighted by molar-refractivity contribution is 0.0783. The molecule has 0 spiro atoms. The molecule has 1 fully saturated rings. The van der Waals surface area contributed by atoms with E-state index in [1.54, 1.807) is 0 Å². The fourth-order valence-corrected chi connectivity index (χ4v) is 3.04. The Morgan fingerprint density at radius 3 is 2.84 bits per heavy atom. The predicted molar refractivity (Wildman–Crippen MR) is 75.8 cm³/mol. The Morgan fingerprint density at radius 2 is 2.16 bits per heavy atom. The SMILES string of the molecule is CN(CC1CC1(C)C)C(=O)c1cccc2c1CNC2. The lowest BCUT2D eigenvalue weighted by atomic mass is 10.0. The zero-order chi connectivity index (χ0) is 13.6. The van der Waals surface area contributed by atoms with Crippen LogP contribution in [0, 0.1) is 11.3 Å². The second-order valence-corrected chi connectivity index (χ2v) is 6.62. The van der Waals surface area contributed by atoms with Crippen LogP contribution in [0.25, 0.3) is 0 Å². The molecule has 1 heterocycles. The molecule has 0 bridgehead atoms. The van der Waals surface area contributed by atoms with Crippen LogP contribution in [0.15, 0.2) is 18.2 Å². The van der Waals surface area contributed by atoms with Crippen LogP contribution in [0.2, 0.25) is 0 Å². The van der Waals surface area contributed by atoms with Crippen LogP contribution in [0.3, 0.4) is 0 Å². The number of nitrogens with one attached hydrogen (secondary N) is 1. The molecule has 19 heavy (non-hydrogen) atoms. The van der Waals surface area contributed by atoms with Crippen molar-refractivity contribution in [3.8, 4) is 0 Å². The number of hydrogen-bond acceptors (Lipinski definition) is 2. The number of amides is 1. The third-order valence-electron chi connectivity index (χ3n) is 4.68. The highest BCUT2D eigenvalue weighted by Crippen LogP contribution is 2.51. The van der Waals surface area contributed by atoms with Gasteiger partial charge in [0.25, 0.3) is 5.91 Å². The van der Waals surface area contributed by atoms with E-state index in [0.717, 1.165) is 25.2 Å². The first-order valence-electron chi connectivity index (χ1n) is 7.06. The van der Waals surface area contributed by atoms with Gasteiger partial charge < -0.3 is 10.2 Å². The minimum Gasteiger partial charge on any atom is -0.341 e. The maximum atomic E-state index is 12.6. The molecular weight excluding hydrogens is 236 g/mol. The standard InChI is InChI=1S/C16H22N2O/c1-16(2)7-12(16)10-18(3)15(19)13-6-4-5-11-8-17-9-14(11)13/h4-6,12,17H,7-10H2,1-3H3. The first-order valence-corrected chi connectivity index (χ1v) is 7.06. The van der Waals surface area contributed by atoms with E-state index < -0.39 is 0 Å². The van der Waals surface area contributed by atoms with Crippen molar-refractivity contribution in [2.45, 2.75) is 33.4 Å². The monoisotopic (exact) mass is 258 g/mol. The summed E-state index contributed by atoms with van der Waals surface area (Å²) in [6.07, 6.45) is 1.24. The first kappa shape index (κ1) is 12.7. The van der Waals surface area contributed by atoms with E-state index in [1.807, 2.05) is 24.1 Å². The Hall–Kier alpha value is -1.35. The van der Waals surface area contributed by atoms with Crippen LogP contribution in [0.1, 0.15) is 41.8 Å². The van der Waals surface area contributed by atoms with Gasteiger partial charge in [-0.25, -0.2) is 0 Å². The maximum Gasteiger partial charge on any atom is 0.253 e. The van der Waals surface area contributed by atoms with Crippen LogP contribution in [-0.4, -0.2) is 24.4 Å². The summed E-state index contributed by atoms with van der Waals surface area (Å²) < 4.78 is 0. The van der Waals surface area contributed by atoms with E-state index in [4.69, 9.17) is 0 Å². The van der Waals surface area contributed by atoms with Crippen molar-refractivity contribution in [3.05, 3.63) is 34.9 Å². The number of hydrogen-bond donors (Lipinski definition) is 1. The Balaban J connectivity index is 1.75. The van der Waals surface area contributed by atoms with Gasteiger partial charge in [-0.3, -0.25) is 4.79 Å². The Bertz CT molecular complexity index is 521. The summed E-state index contributed by atoms with van der Waals surface area (Å²) in [4.78, 5) is 14.5. The maximum absolute atomic E-state index is 12.6. The van der Waals surface area contributed by atoms with Crippen LogP contribution >= 0.6 is 0 Å². The van der Waals surface area contributed by atoms with Gasteiger partial charge in [0.05, 0.1) is 0 Å². The molecule has 1 aromatic rings. The third kappa shape index (κ3) is 2.27. The van der Waals surface area contributed by atoms with E-state index in [2.05, 4.69) is 25.2 Å². The number of nitrogens with zero attached hydrogens (tertiary/aromatic N) is 1. The summed E-state index contributed by atoms with van der Waals surface area (Å²) in [5.74, 6) is 0.833. The van der Waals surface area contributed by atoms with Crippen molar-refractivity contribution < 1.29 is 4.79 Å². The first-order chi connectivity index (χ1) is 8.99.